The van der Waals surface area contributed by atoms with Crippen LogP contribution in [0.5, 0.6) is 0 Å². The molecule has 2 rings (SSSR count). The van der Waals surface area contributed by atoms with Crippen LogP contribution in [-0.2, 0) is 9.31 Å². The molecule has 1 aliphatic heterocycles. The minimum atomic E-state index is -0.246. The average Bonchev–Trinajstić information content (AvgIpc) is 2.29. The zero-order valence-electron chi connectivity index (χ0n) is 10.6. The summed E-state index contributed by atoms with van der Waals surface area (Å²) < 4.78 is 12.0. The summed E-state index contributed by atoms with van der Waals surface area (Å²) in [6, 6.07) is 2.25. The van der Waals surface area contributed by atoms with Crippen LogP contribution in [0.4, 0.5) is 0 Å². The third-order valence-corrected chi connectivity index (χ3v) is 4.45. The van der Waals surface area contributed by atoms with Crippen molar-refractivity contribution < 1.29 is 9.31 Å². The van der Waals surface area contributed by atoms with Crippen LogP contribution in [0.2, 0.25) is 5.82 Å². The van der Waals surface area contributed by atoms with Gasteiger partial charge in [0.15, 0.2) is 0 Å². The van der Waals surface area contributed by atoms with Crippen LogP contribution in [0.1, 0.15) is 47.0 Å². The molecule has 2 aliphatic rings. The molecule has 0 spiro atoms. The summed E-state index contributed by atoms with van der Waals surface area (Å²) in [4.78, 5) is 0. The standard InChI is InChI=1S/C12H20BNO2/c1-11(2)12(3,4)16-13(15-11)10-6-5-9(10)7-8-14/h9-10H,5-7H2,1-4H3/t9-,10-/m1/s1. The maximum absolute atomic E-state index is 8.74. The highest BCUT2D eigenvalue weighted by atomic mass is 16.7. The van der Waals surface area contributed by atoms with E-state index in [9.17, 15) is 0 Å². The Hall–Kier alpha value is -0.525. The van der Waals surface area contributed by atoms with Gasteiger partial charge in [-0.3, -0.25) is 0 Å². The number of hydrogen-bond acceptors (Lipinski definition) is 3. The molecule has 0 amide bonds. The molecule has 2 fully saturated rings. The lowest BCUT2D eigenvalue weighted by molar-refractivity contribution is 0.00578. The lowest BCUT2D eigenvalue weighted by Gasteiger charge is -2.36. The quantitative estimate of drug-likeness (QED) is 0.673. The summed E-state index contributed by atoms with van der Waals surface area (Å²) >= 11 is 0. The summed E-state index contributed by atoms with van der Waals surface area (Å²) in [6.07, 6.45) is 2.90. The molecule has 0 aromatic heterocycles. The van der Waals surface area contributed by atoms with E-state index < -0.39 is 0 Å². The van der Waals surface area contributed by atoms with Crippen LogP contribution in [0.3, 0.4) is 0 Å². The highest BCUT2D eigenvalue weighted by Crippen LogP contribution is 2.50. The van der Waals surface area contributed by atoms with E-state index >= 15 is 0 Å². The molecule has 0 N–H and O–H groups in total. The van der Waals surface area contributed by atoms with Gasteiger partial charge in [0.25, 0.3) is 0 Å². The summed E-state index contributed by atoms with van der Waals surface area (Å²) in [6.45, 7) is 8.30. The first kappa shape index (κ1) is 11.9. The Morgan fingerprint density at radius 3 is 2.12 bits per heavy atom. The van der Waals surface area contributed by atoms with E-state index in [0.717, 1.165) is 12.8 Å². The molecular weight excluding hydrogens is 201 g/mol. The zero-order valence-corrected chi connectivity index (χ0v) is 10.6. The van der Waals surface area contributed by atoms with Crippen LogP contribution in [0, 0.1) is 17.2 Å². The summed E-state index contributed by atoms with van der Waals surface area (Å²) in [5.74, 6) is 0.889. The van der Waals surface area contributed by atoms with Crippen LogP contribution in [0.15, 0.2) is 0 Å². The molecule has 88 valence electrons. The molecule has 1 heterocycles. The third-order valence-electron chi connectivity index (χ3n) is 4.45. The first-order valence-electron chi connectivity index (χ1n) is 6.10. The largest absolute Gasteiger partial charge is 0.461 e. The van der Waals surface area contributed by atoms with Crippen molar-refractivity contribution >= 4 is 7.12 Å². The number of hydrogen-bond donors (Lipinski definition) is 0. The molecule has 0 bridgehead atoms. The number of nitrogens with zero attached hydrogens (tertiary/aromatic N) is 1. The molecule has 4 heteroatoms. The van der Waals surface area contributed by atoms with E-state index in [1.807, 2.05) is 0 Å². The second-order valence-electron chi connectivity index (χ2n) is 5.99. The molecule has 0 aromatic rings. The van der Waals surface area contributed by atoms with Crippen molar-refractivity contribution in [1.82, 2.24) is 0 Å². The van der Waals surface area contributed by atoms with Gasteiger partial charge >= 0.3 is 7.12 Å². The Kier molecular flexibility index (Phi) is 2.80. The second-order valence-corrected chi connectivity index (χ2v) is 5.99. The van der Waals surface area contributed by atoms with Crippen molar-refractivity contribution in [2.75, 3.05) is 0 Å². The Bertz CT molecular complexity index is 305. The van der Waals surface area contributed by atoms with Gasteiger partial charge in [-0.2, -0.15) is 5.26 Å². The van der Waals surface area contributed by atoms with E-state index in [1.165, 1.54) is 0 Å². The smallest absolute Gasteiger partial charge is 0.403 e. The van der Waals surface area contributed by atoms with Crippen molar-refractivity contribution in [2.24, 2.45) is 5.92 Å². The van der Waals surface area contributed by atoms with Gasteiger partial charge in [0.05, 0.1) is 17.3 Å². The highest BCUT2D eigenvalue weighted by Gasteiger charge is 2.56. The lowest BCUT2D eigenvalue weighted by Crippen LogP contribution is -2.41. The molecule has 2 atom stereocenters. The Morgan fingerprint density at radius 1 is 1.19 bits per heavy atom. The van der Waals surface area contributed by atoms with Crippen molar-refractivity contribution in [1.29, 1.82) is 5.26 Å². The summed E-state index contributed by atoms with van der Waals surface area (Å²) in [5.41, 5.74) is -0.491. The van der Waals surface area contributed by atoms with Crippen molar-refractivity contribution in [2.45, 2.75) is 64.0 Å². The Morgan fingerprint density at radius 2 is 1.75 bits per heavy atom. The fourth-order valence-corrected chi connectivity index (χ4v) is 2.39. The maximum Gasteiger partial charge on any atom is 0.461 e. The SMILES string of the molecule is CC1(C)OB([C@@H]2CC[C@@H]2CC#N)OC1(C)C. The minimum absolute atomic E-state index is 0.114. The van der Waals surface area contributed by atoms with E-state index in [-0.39, 0.29) is 18.3 Å². The topological polar surface area (TPSA) is 42.2 Å². The lowest BCUT2D eigenvalue weighted by atomic mass is 9.53. The molecule has 0 radical (unpaired) electrons. The maximum atomic E-state index is 8.74. The van der Waals surface area contributed by atoms with Gasteiger partial charge < -0.3 is 9.31 Å². The summed E-state index contributed by atoms with van der Waals surface area (Å²) in [5, 5.41) is 8.74. The molecule has 1 saturated carbocycles. The van der Waals surface area contributed by atoms with E-state index in [0.29, 0.717) is 18.2 Å². The van der Waals surface area contributed by atoms with Crippen LogP contribution in [0.25, 0.3) is 0 Å². The van der Waals surface area contributed by atoms with Gasteiger partial charge in [0.2, 0.25) is 0 Å². The Labute approximate surface area is 98.3 Å². The molecular formula is C12H20BNO2. The Balaban J connectivity index is 2.02. The fraction of sp³-hybridized carbons (Fsp3) is 0.917. The average molecular weight is 221 g/mol. The fourth-order valence-electron chi connectivity index (χ4n) is 2.39. The summed E-state index contributed by atoms with van der Waals surface area (Å²) in [7, 11) is -0.114. The van der Waals surface area contributed by atoms with E-state index in [4.69, 9.17) is 14.6 Å². The predicted molar refractivity (Wildman–Crippen MR) is 62.8 cm³/mol. The van der Waals surface area contributed by atoms with Crippen LogP contribution >= 0.6 is 0 Å². The zero-order chi connectivity index (χ0) is 12.0. The third kappa shape index (κ3) is 1.76. The van der Waals surface area contributed by atoms with Gasteiger partial charge in [0, 0.05) is 6.42 Å². The van der Waals surface area contributed by atoms with Crippen molar-refractivity contribution in [3.8, 4) is 6.07 Å². The van der Waals surface area contributed by atoms with Crippen LogP contribution < -0.4 is 0 Å². The van der Waals surface area contributed by atoms with Crippen molar-refractivity contribution in [3.63, 3.8) is 0 Å². The van der Waals surface area contributed by atoms with Crippen molar-refractivity contribution in [3.05, 3.63) is 0 Å². The molecule has 3 nitrogen and oxygen atoms in total. The first-order valence-corrected chi connectivity index (χ1v) is 6.10. The van der Waals surface area contributed by atoms with Gasteiger partial charge in [-0.25, -0.2) is 0 Å². The molecule has 1 aliphatic carbocycles. The number of nitriles is 1. The second kappa shape index (κ2) is 3.75. The normalized spacial score (nSPS) is 35.6. The number of rotatable bonds is 2. The molecule has 16 heavy (non-hydrogen) atoms. The minimum Gasteiger partial charge on any atom is -0.403 e. The van der Waals surface area contributed by atoms with E-state index in [2.05, 4.69) is 33.8 Å². The molecule has 0 aromatic carbocycles. The highest BCUT2D eigenvalue weighted by molar-refractivity contribution is 6.47. The van der Waals surface area contributed by atoms with Gasteiger partial charge in [-0.05, 0) is 45.9 Å². The predicted octanol–water partition coefficient (Wildman–Crippen LogP) is 2.77. The van der Waals surface area contributed by atoms with Gasteiger partial charge in [-0.15, -0.1) is 0 Å². The van der Waals surface area contributed by atoms with Gasteiger partial charge in [0.1, 0.15) is 0 Å². The monoisotopic (exact) mass is 221 g/mol. The van der Waals surface area contributed by atoms with Gasteiger partial charge in [-0.1, -0.05) is 6.42 Å². The van der Waals surface area contributed by atoms with Crippen LogP contribution in [-0.4, -0.2) is 18.3 Å². The molecule has 1 saturated heterocycles. The first-order chi connectivity index (χ1) is 7.37. The van der Waals surface area contributed by atoms with E-state index in [1.54, 1.807) is 0 Å². The molecule has 0 unspecified atom stereocenters.